The Morgan fingerprint density at radius 3 is 2.59 bits per heavy atom. The topological polar surface area (TPSA) is 204 Å². The summed E-state index contributed by atoms with van der Waals surface area (Å²) in [6.45, 7) is 0.129. The average Bonchev–Trinajstić information content (AvgIpc) is 3.54. The molecule has 4 atom stereocenters. The van der Waals surface area contributed by atoms with Crippen LogP contribution in [0.25, 0.3) is 10.9 Å². The van der Waals surface area contributed by atoms with Gasteiger partial charge in [-0.2, -0.15) is 0 Å². The Balaban J connectivity index is 1.61. The molecular weight excluding hydrogens is 480 g/mol. The standard InChI is InChI=1S/C25H36N6O6/c26-10-4-3-7-17(27)24(35)31-11-5-9-21(31)23(34)30-20(14-32)22(33)29-19(25(36)37)12-15-13-28-18-8-2-1-6-16(15)18/h1-2,6,8,13,17,19-21,28,32H,3-5,7,9-12,14,26-27H2,(H,29,33)(H,30,34)(H,36,37). The van der Waals surface area contributed by atoms with Gasteiger partial charge in [-0.25, -0.2) is 4.79 Å². The Labute approximate surface area is 214 Å². The van der Waals surface area contributed by atoms with E-state index in [-0.39, 0.29) is 12.3 Å². The number of benzene rings is 1. The number of likely N-dealkylation sites (tertiary alicyclic amines) is 1. The zero-order chi connectivity index (χ0) is 26.9. The molecule has 1 aromatic heterocycles. The van der Waals surface area contributed by atoms with Gasteiger partial charge in [0.2, 0.25) is 17.7 Å². The number of H-pyrrole nitrogens is 1. The van der Waals surface area contributed by atoms with Crippen molar-refractivity contribution in [3.05, 3.63) is 36.0 Å². The molecule has 1 aliphatic rings. The van der Waals surface area contributed by atoms with E-state index in [1.807, 2.05) is 24.3 Å². The summed E-state index contributed by atoms with van der Waals surface area (Å²) < 4.78 is 0. The predicted molar refractivity (Wildman–Crippen MR) is 136 cm³/mol. The summed E-state index contributed by atoms with van der Waals surface area (Å²) in [6, 6.07) is 3.14. The monoisotopic (exact) mass is 516 g/mol. The Bertz CT molecular complexity index is 1100. The molecule has 12 nitrogen and oxygen atoms in total. The highest BCUT2D eigenvalue weighted by Gasteiger charge is 2.37. The molecule has 3 rings (SSSR count). The van der Waals surface area contributed by atoms with Crippen LogP contribution in [0.5, 0.6) is 0 Å². The molecule has 37 heavy (non-hydrogen) atoms. The van der Waals surface area contributed by atoms with Gasteiger partial charge in [0.15, 0.2) is 0 Å². The number of carboxylic acids is 1. The van der Waals surface area contributed by atoms with Crippen LogP contribution in [0.1, 0.15) is 37.7 Å². The highest BCUT2D eigenvalue weighted by atomic mass is 16.4. The van der Waals surface area contributed by atoms with E-state index in [1.165, 1.54) is 4.90 Å². The van der Waals surface area contributed by atoms with Crippen LogP contribution in [-0.4, -0.2) is 87.7 Å². The number of carbonyl (C=O) groups is 4. The number of carboxylic acid groups (broad SMARTS) is 1. The number of aromatic nitrogens is 1. The highest BCUT2D eigenvalue weighted by molar-refractivity contribution is 5.94. The molecule has 2 aromatic rings. The molecule has 4 unspecified atom stereocenters. The number of aliphatic hydroxyl groups is 1. The van der Waals surface area contributed by atoms with Crippen molar-refractivity contribution in [1.29, 1.82) is 0 Å². The lowest BCUT2D eigenvalue weighted by atomic mass is 10.0. The maximum absolute atomic E-state index is 13.0. The van der Waals surface area contributed by atoms with Crippen molar-refractivity contribution >= 4 is 34.6 Å². The van der Waals surface area contributed by atoms with Crippen molar-refractivity contribution in [2.45, 2.75) is 62.7 Å². The minimum atomic E-state index is -1.38. The largest absolute Gasteiger partial charge is 0.480 e. The second kappa shape index (κ2) is 13.2. The Morgan fingerprint density at radius 2 is 1.89 bits per heavy atom. The minimum Gasteiger partial charge on any atom is -0.480 e. The molecule has 202 valence electrons. The second-order valence-corrected chi connectivity index (χ2v) is 9.29. The van der Waals surface area contributed by atoms with Gasteiger partial charge in [0.05, 0.1) is 12.6 Å². The molecule has 1 aliphatic heterocycles. The lowest BCUT2D eigenvalue weighted by Crippen LogP contribution is -2.57. The molecular formula is C25H36N6O6. The lowest BCUT2D eigenvalue weighted by Gasteiger charge is -2.28. The van der Waals surface area contributed by atoms with Gasteiger partial charge in [0, 0.05) is 30.1 Å². The summed E-state index contributed by atoms with van der Waals surface area (Å²) >= 11 is 0. The van der Waals surface area contributed by atoms with E-state index in [2.05, 4.69) is 15.6 Å². The first kappa shape index (κ1) is 28.1. The van der Waals surface area contributed by atoms with Crippen molar-refractivity contribution in [2.75, 3.05) is 19.7 Å². The van der Waals surface area contributed by atoms with Crippen LogP contribution in [0.3, 0.4) is 0 Å². The van der Waals surface area contributed by atoms with E-state index < -0.39 is 48.6 Å². The second-order valence-electron chi connectivity index (χ2n) is 9.29. The molecule has 3 amide bonds. The predicted octanol–water partition coefficient (Wildman–Crippen LogP) is -0.796. The number of unbranched alkanes of at least 4 members (excludes halogenated alkanes) is 1. The van der Waals surface area contributed by atoms with Crippen LogP contribution in [0.4, 0.5) is 0 Å². The van der Waals surface area contributed by atoms with Crippen molar-refractivity contribution in [2.24, 2.45) is 11.5 Å². The van der Waals surface area contributed by atoms with E-state index >= 15 is 0 Å². The van der Waals surface area contributed by atoms with Crippen molar-refractivity contribution < 1.29 is 29.4 Å². The molecule has 0 spiro atoms. The van der Waals surface area contributed by atoms with E-state index in [0.717, 1.165) is 17.3 Å². The molecule has 1 saturated heterocycles. The number of aromatic amines is 1. The van der Waals surface area contributed by atoms with Crippen LogP contribution in [0.15, 0.2) is 30.5 Å². The number of fused-ring (bicyclic) bond motifs is 1. The first-order valence-electron chi connectivity index (χ1n) is 12.5. The van der Waals surface area contributed by atoms with E-state index in [9.17, 15) is 29.4 Å². The Kier molecular flexibility index (Phi) is 10.0. The summed E-state index contributed by atoms with van der Waals surface area (Å²) in [5.74, 6) is -3.03. The van der Waals surface area contributed by atoms with Gasteiger partial charge in [-0.1, -0.05) is 24.6 Å². The van der Waals surface area contributed by atoms with Crippen LogP contribution >= 0.6 is 0 Å². The SMILES string of the molecule is NCCCCC(N)C(=O)N1CCCC1C(=O)NC(CO)C(=O)NC(Cc1c[nH]c2ccccc12)C(=O)O. The number of carbonyl (C=O) groups excluding carboxylic acids is 3. The third-order valence-electron chi connectivity index (χ3n) is 6.65. The van der Waals surface area contributed by atoms with Crippen LogP contribution in [0.2, 0.25) is 0 Å². The minimum absolute atomic E-state index is 0.00410. The molecule has 0 radical (unpaired) electrons. The average molecular weight is 517 g/mol. The molecule has 1 aromatic carbocycles. The zero-order valence-electron chi connectivity index (χ0n) is 20.7. The maximum Gasteiger partial charge on any atom is 0.326 e. The Morgan fingerprint density at radius 1 is 1.14 bits per heavy atom. The first-order chi connectivity index (χ1) is 17.8. The fraction of sp³-hybridized carbons (Fsp3) is 0.520. The van der Waals surface area contributed by atoms with Crippen LogP contribution in [0, 0.1) is 0 Å². The van der Waals surface area contributed by atoms with E-state index in [0.29, 0.717) is 44.3 Å². The van der Waals surface area contributed by atoms with E-state index in [1.54, 1.807) is 6.20 Å². The summed E-state index contributed by atoms with van der Waals surface area (Å²) in [5.41, 5.74) is 13.0. The molecule has 2 heterocycles. The summed E-state index contributed by atoms with van der Waals surface area (Å²) in [5, 5.41) is 25.2. The van der Waals surface area contributed by atoms with Crippen LogP contribution < -0.4 is 22.1 Å². The summed E-state index contributed by atoms with van der Waals surface area (Å²) in [4.78, 5) is 55.0. The maximum atomic E-state index is 13.0. The summed E-state index contributed by atoms with van der Waals surface area (Å²) in [6.07, 6.45) is 4.58. The lowest BCUT2D eigenvalue weighted by molar-refractivity contribution is -0.143. The quantitative estimate of drug-likeness (QED) is 0.168. The fourth-order valence-electron chi connectivity index (χ4n) is 4.60. The van der Waals surface area contributed by atoms with E-state index in [4.69, 9.17) is 11.5 Å². The normalized spacial score (nSPS) is 17.8. The molecule has 0 saturated carbocycles. The molecule has 1 fully saturated rings. The number of amides is 3. The molecule has 12 heteroatoms. The van der Waals surface area contributed by atoms with Gasteiger partial charge in [0.25, 0.3) is 0 Å². The molecule has 0 aliphatic carbocycles. The third kappa shape index (κ3) is 7.06. The number of hydrogen-bond acceptors (Lipinski definition) is 7. The van der Waals surface area contributed by atoms with Gasteiger partial charge in [-0.05, 0) is 43.9 Å². The molecule has 0 bridgehead atoms. The number of nitrogens with one attached hydrogen (secondary N) is 3. The van der Waals surface area contributed by atoms with Crippen molar-refractivity contribution in [1.82, 2.24) is 20.5 Å². The number of aliphatic carboxylic acids is 1. The van der Waals surface area contributed by atoms with Crippen molar-refractivity contribution in [3.8, 4) is 0 Å². The van der Waals surface area contributed by atoms with Gasteiger partial charge >= 0.3 is 5.97 Å². The highest BCUT2D eigenvalue weighted by Crippen LogP contribution is 2.20. The smallest absolute Gasteiger partial charge is 0.326 e. The number of nitrogens with two attached hydrogens (primary N) is 2. The number of nitrogens with zero attached hydrogens (tertiary/aromatic N) is 1. The summed E-state index contributed by atoms with van der Waals surface area (Å²) in [7, 11) is 0. The zero-order valence-corrected chi connectivity index (χ0v) is 20.7. The van der Waals surface area contributed by atoms with Gasteiger partial charge < -0.3 is 42.2 Å². The Hall–Kier alpha value is -3.48. The molecule has 9 N–H and O–H groups in total. The van der Waals surface area contributed by atoms with Crippen LogP contribution in [-0.2, 0) is 25.6 Å². The number of aliphatic hydroxyl groups excluding tert-OH is 1. The fourth-order valence-corrected chi connectivity index (χ4v) is 4.60. The van der Waals surface area contributed by atoms with Crippen molar-refractivity contribution in [3.63, 3.8) is 0 Å². The third-order valence-corrected chi connectivity index (χ3v) is 6.65. The number of rotatable bonds is 13. The number of hydrogen-bond donors (Lipinski definition) is 7. The van der Waals surface area contributed by atoms with Gasteiger partial charge in [-0.3, -0.25) is 14.4 Å². The van der Waals surface area contributed by atoms with Gasteiger partial charge in [-0.15, -0.1) is 0 Å². The first-order valence-corrected chi connectivity index (χ1v) is 12.5. The van der Waals surface area contributed by atoms with Gasteiger partial charge in [0.1, 0.15) is 18.1 Å². The number of para-hydroxylation sites is 1.